The Balaban J connectivity index is 1.69. The van der Waals surface area contributed by atoms with Gasteiger partial charge in [0, 0.05) is 21.9 Å². The van der Waals surface area contributed by atoms with Crippen LogP contribution in [0.2, 0.25) is 0 Å². The molecule has 0 radical (unpaired) electrons. The third kappa shape index (κ3) is 3.18. The fraction of sp³-hybridized carbons (Fsp3) is 0. The van der Waals surface area contributed by atoms with Crippen molar-refractivity contribution in [3.63, 3.8) is 0 Å². The largest absolute Gasteiger partial charge is 0.455 e. The first-order chi connectivity index (χ1) is 17.0. The number of nitrogens with zero attached hydrogens (tertiary/aromatic N) is 2. The highest BCUT2D eigenvalue weighted by atomic mass is 19.1. The lowest BCUT2D eigenvalue weighted by Crippen LogP contribution is -2.38. The first kappa shape index (κ1) is 21.3. The number of aromatic nitrogens is 1. The first-order valence-corrected chi connectivity index (χ1v) is 11.5. The van der Waals surface area contributed by atoms with Gasteiger partial charge in [0.1, 0.15) is 32.7 Å². The Morgan fingerprint density at radius 1 is 0.800 bits per heavy atom. The van der Waals surface area contributed by atoms with E-state index in [0.29, 0.717) is 38.9 Å². The van der Waals surface area contributed by atoms with Gasteiger partial charge in [-0.05, 0) is 57.1 Å². The second kappa shape index (κ2) is 7.89. The van der Waals surface area contributed by atoms with Crippen molar-refractivity contribution in [3.05, 3.63) is 84.2 Å². The average Bonchev–Trinajstić information content (AvgIpc) is 3.27. The normalized spacial score (nSPS) is 11.3. The van der Waals surface area contributed by atoms with Crippen LogP contribution in [0.15, 0.2) is 77.2 Å². The minimum Gasteiger partial charge on any atom is -0.455 e. The molecule has 0 saturated carbocycles. The lowest BCUT2D eigenvalue weighted by atomic mass is 9.78. The van der Waals surface area contributed by atoms with Gasteiger partial charge in [-0.2, -0.15) is 5.26 Å². The first-order valence-electron chi connectivity index (χ1n) is 11.5. The summed E-state index contributed by atoms with van der Waals surface area (Å²) in [4.78, 5) is 4.72. The molecule has 2 aromatic heterocycles. The van der Waals surface area contributed by atoms with Gasteiger partial charge in [-0.15, -0.1) is 0 Å². The van der Waals surface area contributed by atoms with Crippen molar-refractivity contribution in [1.29, 1.82) is 5.26 Å². The number of nitriles is 1. The number of furan rings is 1. The molecule has 0 N–H and O–H groups in total. The molecule has 0 saturated heterocycles. The van der Waals surface area contributed by atoms with Gasteiger partial charge in [0.2, 0.25) is 0 Å². The number of hydrogen-bond donors (Lipinski definition) is 0. The Hall–Kier alpha value is -4.30. The van der Waals surface area contributed by atoms with Gasteiger partial charge < -0.3 is 4.42 Å². The predicted molar refractivity (Wildman–Crippen MR) is 149 cm³/mol. The quantitative estimate of drug-likeness (QED) is 0.381. The molecule has 0 amide bonds. The molecule has 0 fully saturated rings. The van der Waals surface area contributed by atoms with Crippen LogP contribution in [-0.2, 0) is 0 Å². The summed E-state index contributed by atoms with van der Waals surface area (Å²) >= 11 is 0. The van der Waals surface area contributed by atoms with E-state index in [0.717, 1.165) is 38.2 Å². The summed E-state index contributed by atoms with van der Waals surface area (Å²) in [7, 11) is 5.31. The summed E-state index contributed by atoms with van der Waals surface area (Å²) in [6, 6.07) is 26.3. The van der Waals surface area contributed by atoms with E-state index in [1.165, 1.54) is 0 Å². The third-order valence-corrected chi connectivity index (χ3v) is 6.92. The van der Waals surface area contributed by atoms with E-state index in [1.807, 2.05) is 56.4 Å². The summed E-state index contributed by atoms with van der Waals surface area (Å²) < 4.78 is 21.5. The van der Waals surface area contributed by atoms with Gasteiger partial charge in [0.25, 0.3) is 0 Å². The second-order valence-electron chi connectivity index (χ2n) is 8.93. The van der Waals surface area contributed by atoms with Gasteiger partial charge in [-0.1, -0.05) is 48.5 Å². The van der Waals surface area contributed by atoms with Crippen LogP contribution in [0, 0.1) is 17.1 Å². The fourth-order valence-corrected chi connectivity index (χ4v) is 4.91. The summed E-state index contributed by atoms with van der Waals surface area (Å²) in [6.07, 6.45) is 0. The molecule has 35 heavy (non-hydrogen) atoms. The van der Waals surface area contributed by atoms with Crippen molar-refractivity contribution >= 4 is 72.8 Å². The zero-order valence-electron chi connectivity index (χ0n) is 19.6. The molecule has 0 aliphatic carbocycles. The number of para-hydroxylation sites is 1. The molecule has 6 rings (SSSR count). The SMILES string of the molecule is Bc1nc(-c2cccc3c2oc2c(-c4ccc5ccccc5c4)c(C#N)ccc23)c(B)c(F)c1B. The number of fused-ring (bicyclic) bond motifs is 4. The van der Waals surface area contributed by atoms with Crippen LogP contribution in [0.1, 0.15) is 5.56 Å². The van der Waals surface area contributed by atoms with Crippen LogP contribution in [0.5, 0.6) is 0 Å². The molecule has 0 bridgehead atoms. The van der Waals surface area contributed by atoms with Gasteiger partial charge >= 0.3 is 0 Å². The van der Waals surface area contributed by atoms with Crippen molar-refractivity contribution in [2.24, 2.45) is 0 Å². The molecule has 0 atom stereocenters. The van der Waals surface area contributed by atoms with E-state index in [9.17, 15) is 9.65 Å². The van der Waals surface area contributed by atoms with Crippen LogP contribution in [0.4, 0.5) is 4.39 Å². The van der Waals surface area contributed by atoms with E-state index in [2.05, 4.69) is 30.3 Å². The van der Waals surface area contributed by atoms with Gasteiger partial charge in [-0.25, -0.2) is 4.39 Å². The minimum absolute atomic E-state index is 0.246. The predicted octanol–water partition coefficient (Wildman–Crippen LogP) is 2.25. The topological polar surface area (TPSA) is 49.8 Å². The van der Waals surface area contributed by atoms with Crippen molar-refractivity contribution in [1.82, 2.24) is 4.98 Å². The highest BCUT2D eigenvalue weighted by molar-refractivity contribution is 6.50. The van der Waals surface area contributed by atoms with Crippen LogP contribution in [0.25, 0.3) is 55.1 Å². The van der Waals surface area contributed by atoms with Gasteiger partial charge in [0.05, 0.1) is 17.3 Å². The average molecular weight is 450 g/mol. The number of benzene rings is 4. The van der Waals surface area contributed by atoms with E-state index < -0.39 is 0 Å². The van der Waals surface area contributed by atoms with E-state index in [1.54, 1.807) is 15.7 Å². The Labute approximate surface area is 204 Å². The zero-order chi connectivity index (χ0) is 24.3. The van der Waals surface area contributed by atoms with E-state index >= 15 is 0 Å². The molecule has 6 aromatic rings. The maximum Gasteiger partial charge on any atom is 0.163 e. The smallest absolute Gasteiger partial charge is 0.163 e. The Kier molecular flexibility index (Phi) is 4.79. The Morgan fingerprint density at radius 2 is 1.57 bits per heavy atom. The molecular weight excluding hydrogens is 432 g/mol. The number of pyridine rings is 1. The van der Waals surface area contributed by atoms with Crippen LogP contribution in [0.3, 0.4) is 0 Å². The molecule has 2 heterocycles. The summed E-state index contributed by atoms with van der Waals surface area (Å²) in [6.45, 7) is 0. The molecule has 0 spiro atoms. The molecule has 0 unspecified atom stereocenters. The highest BCUT2D eigenvalue weighted by Gasteiger charge is 2.21. The van der Waals surface area contributed by atoms with E-state index in [4.69, 9.17) is 9.40 Å². The van der Waals surface area contributed by atoms with Crippen molar-refractivity contribution in [2.75, 3.05) is 0 Å². The number of halogens is 1. The van der Waals surface area contributed by atoms with Crippen LogP contribution < -0.4 is 16.5 Å². The minimum atomic E-state index is -0.246. The maximum atomic E-state index is 14.9. The van der Waals surface area contributed by atoms with Gasteiger partial charge in [0.15, 0.2) is 7.85 Å². The molecule has 4 aromatic carbocycles. The highest BCUT2D eigenvalue weighted by Crippen LogP contribution is 2.41. The van der Waals surface area contributed by atoms with E-state index in [-0.39, 0.29) is 5.82 Å². The Morgan fingerprint density at radius 3 is 2.37 bits per heavy atom. The maximum absolute atomic E-state index is 14.9. The standard InChI is InChI=1S/C28H18B3FN2O/c29-22-24(32)23(30)28(31)34-25(22)20-7-3-6-18-19-11-10-17(13-33)21(27(19)35-26(18)20)16-9-8-14-4-1-2-5-15(14)12-16/h1-12H,29-31H2. The molecular formula is C28H18B3FN2O. The van der Waals surface area contributed by atoms with Crippen LogP contribution >= 0.6 is 0 Å². The summed E-state index contributed by atoms with van der Waals surface area (Å²) in [5, 5.41) is 14.0. The molecule has 0 aliphatic rings. The number of hydrogen-bond acceptors (Lipinski definition) is 3. The lowest BCUT2D eigenvalue weighted by Gasteiger charge is -2.12. The molecule has 162 valence electrons. The van der Waals surface area contributed by atoms with Crippen molar-refractivity contribution in [3.8, 4) is 28.5 Å². The molecule has 7 heteroatoms. The summed E-state index contributed by atoms with van der Waals surface area (Å²) in [5.41, 5.74) is 6.51. The zero-order valence-corrected chi connectivity index (χ0v) is 19.6. The Bertz CT molecular complexity index is 1870. The molecule has 3 nitrogen and oxygen atoms in total. The lowest BCUT2D eigenvalue weighted by molar-refractivity contribution is 0.644. The number of rotatable bonds is 2. The monoisotopic (exact) mass is 450 g/mol. The third-order valence-electron chi connectivity index (χ3n) is 6.92. The molecule has 0 aliphatic heterocycles. The second-order valence-corrected chi connectivity index (χ2v) is 8.93. The van der Waals surface area contributed by atoms with Crippen molar-refractivity contribution < 1.29 is 8.81 Å². The van der Waals surface area contributed by atoms with Gasteiger partial charge in [-0.3, -0.25) is 4.98 Å². The fourth-order valence-electron chi connectivity index (χ4n) is 4.91. The van der Waals surface area contributed by atoms with Crippen LogP contribution in [-0.4, -0.2) is 28.5 Å². The summed E-state index contributed by atoms with van der Waals surface area (Å²) in [5.74, 6) is -0.246. The van der Waals surface area contributed by atoms with Crippen molar-refractivity contribution in [2.45, 2.75) is 0 Å².